The minimum absolute atomic E-state index is 0.149. The van der Waals surface area contributed by atoms with E-state index in [2.05, 4.69) is 26.2 Å². The maximum atomic E-state index is 13.6. The Morgan fingerprint density at radius 2 is 1.89 bits per heavy atom. The van der Waals surface area contributed by atoms with E-state index in [4.69, 9.17) is 11.6 Å². The van der Waals surface area contributed by atoms with Crippen LogP contribution in [0.4, 0.5) is 14.6 Å². The van der Waals surface area contributed by atoms with Crippen LogP contribution >= 0.6 is 27.5 Å². The fourth-order valence-electron chi connectivity index (χ4n) is 1.39. The Morgan fingerprint density at radius 1 is 1.26 bits per heavy atom. The van der Waals surface area contributed by atoms with E-state index in [0.717, 1.165) is 12.1 Å². The van der Waals surface area contributed by atoms with E-state index in [9.17, 15) is 13.6 Å². The van der Waals surface area contributed by atoms with E-state index in [1.165, 1.54) is 18.3 Å². The van der Waals surface area contributed by atoms with Crippen LogP contribution in [0, 0.1) is 11.6 Å². The van der Waals surface area contributed by atoms with Gasteiger partial charge in [-0.15, -0.1) is 0 Å². The molecule has 0 atom stereocenters. The quantitative estimate of drug-likeness (QED) is 0.891. The highest BCUT2D eigenvalue weighted by Crippen LogP contribution is 2.20. The maximum absolute atomic E-state index is 13.6. The third-order valence-corrected chi connectivity index (χ3v) is 2.88. The fourth-order valence-corrected chi connectivity index (χ4v) is 1.90. The number of rotatable bonds is 2. The molecule has 1 amide bonds. The van der Waals surface area contributed by atoms with E-state index >= 15 is 0 Å². The molecule has 0 aliphatic rings. The number of aromatic nitrogens is 1. The zero-order chi connectivity index (χ0) is 14.0. The highest BCUT2D eigenvalue weighted by Gasteiger charge is 2.18. The van der Waals surface area contributed by atoms with Crippen LogP contribution in [0.3, 0.4) is 0 Å². The van der Waals surface area contributed by atoms with Crippen LogP contribution in [0.25, 0.3) is 0 Å². The van der Waals surface area contributed by atoms with Crippen molar-refractivity contribution in [3.63, 3.8) is 0 Å². The molecule has 19 heavy (non-hydrogen) atoms. The number of amides is 1. The fraction of sp³-hybridized carbons (Fsp3) is 0. The second-order valence-corrected chi connectivity index (χ2v) is 4.91. The Morgan fingerprint density at radius 3 is 2.42 bits per heavy atom. The third-order valence-electron chi connectivity index (χ3n) is 2.20. The summed E-state index contributed by atoms with van der Waals surface area (Å²) in [6.07, 6.45) is 1.31. The number of pyridine rings is 1. The minimum Gasteiger partial charge on any atom is -0.306 e. The molecule has 0 saturated heterocycles. The molecular formula is C12H6BrClF2N2O. The lowest BCUT2D eigenvalue weighted by Gasteiger charge is -2.07. The summed E-state index contributed by atoms with van der Waals surface area (Å²) in [6.45, 7) is 0. The van der Waals surface area contributed by atoms with Gasteiger partial charge in [-0.2, -0.15) is 0 Å². The lowest BCUT2D eigenvalue weighted by Crippen LogP contribution is -2.16. The number of carbonyl (C=O) groups is 1. The van der Waals surface area contributed by atoms with Crippen molar-refractivity contribution in [1.29, 1.82) is 0 Å². The van der Waals surface area contributed by atoms with Gasteiger partial charge in [0, 0.05) is 10.7 Å². The van der Waals surface area contributed by atoms with E-state index in [0.29, 0.717) is 5.02 Å². The van der Waals surface area contributed by atoms with Crippen LogP contribution in [-0.2, 0) is 0 Å². The normalized spacial score (nSPS) is 10.3. The van der Waals surface area contributed by atoms with Gasteiger partial charge in [-0.05, 0) is 24.3 Å². The van der Waals surface area contributed by atoms with E-state index < -0.39 is 23.1 Å². The van der Waals surface area contributed by atoms with Gasteiger partial charge in [0.1, 0.15) is 23.0 Å². The van der Waals surface area contributed by atoms with Crippen LogP contribution in [0.15, 0.2) is 34.9 Å². The van der Waals surface area contributed by atoms with Gasteiger partial charge >= 0.3 is 0 Å². The zero-order valence-electron chi connectivity index (χ0n) is 9.25. The van der Waals surface area contributed by atoms with Crippen molar-refractivity contribution in [3.05, 3.63) is 57.2 Å². The largest absolute Gasteiger partial charge is 0.306 e. The molecule has 0 spiro atoms. The zero-order valence-corrected chi connectivity index (χ0v) is 11.6. The molecule has 2 aromatic rings. The number of nitrogens with zero attached hydrogens (tertiary/aromatic N) is 1. The predicted octanol–water partition coefficient (Wildman–Crippen LogP) is 4.03. The number of benzene rings is 1. The first kappa shape index (κ1) is 13.9. The van der Waals surface area contributed by atoms with Crippen LogP contribution in [0.2, 0.25) is 5.02 Å². The molecule has 1 N–H and O–H groups in total. The summed E-state index contributed by atoms with van der Waals surface area (Å²) in [5, 5.41) is 2.67. The Labute approximate surface area is 120 Å². The molecule has 1 heterocycles. The number of nitrogens with one attached hydrogen (secondary N) is 1. The van der Waals surface area contributed by atoms with Crippen molar-refractivity contribution < 1.29 is 13.6 Å². The van der Waals surface area contributed by atoms with Gasteiger partial charge in [-0.25, -0.2) is 13.8 Å². The van der Waals surface area contributed by atoms with E-state index in [-0.39, 0.29) is 10.3 Å². The molecule has 0 bridgehead atoms. The highest BCUT2D eigenvalue weighted by atomic mass is 79.9. The molecule has 2 rings (SSSR count). The number of hydrogen-bond acceptors (Lipinski definition) is 2. The van der Waals surface area contributed by atoms with Crippen molar-refractivity contribution >= 4 is 39.3 Å². The van der Waals surface area contributed by atoms with Crippen LogP contribution in [0.5, 0.6) is 0 Å². The summed E-state index contributed by atoms with van der Waals surface area (Å²) in [5.41, 5.74) is -0.667. The van der Waals surface area contributed by atoms with E-state index in [1.807, 2.05) is 0 Å². The van der Waals surface area contributed by atoms with Crippen LogP contribution in [0.1, 0.15) is 10.4 Å². The molecule has 98 valence electrons. The topological polar surface area (TPSA) is 42.0 Å². The van der Waals surface area contributed by atoms with Crippen LogP contribution < -0.4 is 5.32 Å². The monoisotopic (exact) mass is 346 g/mol. The Kier molecular flexibility index (Phi) is 4.11. The van der Waals surface area contributed by atoms with Crippen LogP contribution in [-0.4, -0.2) is 10.9 Å². The van der Waals surface area contributed by atoms with E-state index in [1.54, 1.807) is 0 Å². The molecule has 1 aromatic carbocycles. The molecular weight excluding hydrogens is 341 g/mol. The maximum Gasteiger partial charge on any atom is 0.262 e. The molecule has 3 nitrogen and oxygen atoms in total. The second kappa shape index (κ2) is 5.63. The third kappa shape index (κ3) is 3.27. The first-order chi connectivity index (χ1) is 8.97. The summed E-state index contributed by atoms with van der Waals surface area (Å²) in [6, 6.07) is 4.94. The molecule has 0 unspecified atom stereocenters. The summed E-state index contributed by atoms with van der Waals surface area (Å²) < 4.78 is 27.3. The van der Waals surface area contributed by atoms with Crippen molar-refractivity contribution in [2.75, 3.05) is 5.32 Å². The molecule has 1 aromatic heterocycles. The number of anilines is 1. The molecule has 0 radical (unpaired) electrons. The molecule has 0 saturated carbocycles. The van der Waals surface area contributed by atoms with Gasteiger partial charge in [0.15, 0.2) is 0 Å². The average Bonchev–Trinajstić information content (AvgIpc) is 2.30. The summed E-state index contributed by atoms with van der Waals surface area (Å²) in [7, 11) is 0. The van der Waals surface area contributed by atoms with Gasteiger partial charge < -0.3 is 5.32 Å². The second-order valence-electron chi connectivity index (χ2n) is 3.56. The number of carbonyl (C=O) groups excluding carboxylic acids is 1. The van der Waals surface area contributed by atoms with Crippen molar-refractivity contribution in [2.24, 2.45) is 0 Å². The van der Waals surface area contributed by atoms with Gasteiger partial charge in [-0.3, -0.25) is 4.79 Å². The summed E-state index contributed by atoms with van der Waals surface area (Å²) >= 11 is 8.56. The first-order valence-corrected chi connectivity index (χ1v) is 6.22. The number of halogens is 4. The van der Waals surface area contributed by atoms with Crippen molar-refractivity contribution in [3.8, 4) is 0 Å². The molecule has 0 aliphatic heterocycles. The van der Waals surface area contributed by atoms with Crippen molar-refractivity contribution in [2.45, 2.75) is 0 Å². The molecule has 0 fully saturated rings. The molecule has 0 aliphatic carbocycles. The van der Waals surface area contributed by atoms with Gasteiger partial charge in [0.25, 0.3) is 5.91 Å². The predicted molar refractivity (Wildman–Crippen MR) is 71.3 cm³/mol. The van der Waals surface area contributed by atoms with Gasteiger partial charge in [-0.1, -0.05) is 27.5 Å². The molecule has 7 heteroatoms. The summed E-state index contributed by atoms with van der Waals surface area (Å²) in [4.78, 5) is 15.6. The number of hydrogen-bond donors (Lipinski definition) is 1. The minimum atomic E-state index is -0.960. The Balaban J connectivity index is 2.28. The first-order valence-electron chi connectivity index (χ1n) is 5.05. The van der Waals surface area contributed by atoms with Gasteiger partial charge in [0.2, 0.25) is 0 Å². The SMILES string of the molecule is O=C(Nc1ccc(Cl)cn1)c1c(F)cc(Br)cc1F. The Bertz CT molecular complexity index is 611. The lowest BCUT2D eigenvalue weighted by molar-refractivity contribution is 0.101. The average molecular weight is 348 g/mol. The Hall–Kier alpha value is -1.53. The summed E-state index contributed by atoms with van der Waals surface area (Å²) in [5.74, 6) is -2.69. The lowest BCUT2D eigenvalue weighted by atomic mass is 10.2. The highest BCUT2D eigenvalue weighted by molar-refractivity contribution is 9.10. The smallest absolute Gasteiger partial charge is 0.262 e. The van der Waals surface area contributed by atoms with Crippen molar-refractivity contribution in [1.82, 2.24) is 4.98 Å². The van der Waals surface area contributed by atoms with Gasteiger partial charge in [0.05, 0.1) is 5.02 Å². The standard InChI is InChI=1S/C12H6BrClF2N2O/c13-6-3-8(15)11(9(16)4-6)12(19)18-10-2-1-7(14)5-17-10/h1-5H,(H,17,18,19).